The van der Waals surface area contributed by atoms with Gasteiger partial charge < -0.3 is 20.4 Å². The Morgan fingerprint density at radius 3 is 2.27 bits per heavy atom. The molecule has 0 spiro atoms. The summed E-state index contributed by atoms with van der Waals surface area (Å²) in [6.07, 6.45) is -2.91. The molecule has 0 bridgehead atoms. The van der Waals surface area contributed by atoms with E-state index in [1.54, 1.807) is 18.2 Å². The fourth-order valence-corrected chi connectivity index (χ4v) is 2.15. The highest BCUT2D eigenvalue weighted by atomic mass is 16.4. The Balaban J connectivity index is 3.14. The number of benzene rings is 1. The number of unbranched alkanes of at least 4 members (excludes halogenated alkanes) is 1. The summed E-state index contributed by atoms with van der Waals surface area (Å²) in [5, 5.41) is 39.5. The van der Waals surface area contributed by atoms with E-state index in [-0.39, 0.29) is 12.0 Å². The molecule has 1 aromatic rings. The summed E-state index contributed by atoms with van der Waals surface area (Å²) in [5.74, 6) is -1.76. The van der Waals surface area contributed by atoms with Gasteiger partial charge in [-0.05, 0) is 6.42 Å². The van der Waals surface area contributed by atoms with Crippen molar-refractivity contribution in [3.05, 3.63) is 35.9 Å². The first-order valence-electron chi connectivity index (χ1n) is 7.21. The summed E-state index contributed by atoms with van der Waals surface area (Å²) < 4.78 is 0. The summed E-state index contributed by atoms with van der Waals surface area (Å²) >= 11 is 0. The van der Waals surface area contributed by atoms with Crippen molar-refractivity contribution in [3.63, 3.8) is 0 Å². The van der Waals surface area contributed by atoms with Gasteiger partial charge in [-0.25, -0.2) is 0 Å². The summed E-state index contributed by atoms with van der Waals surface area (Å²) in [4.78, 5) is 24.4. The van der Waals surface area contributed by atoms with E-state index in [1.807, 2.05) is 6.92 Å². The summed E-state index contributed by atoms with van der Waals surface area (Å²) in [7, 11) is 0. The maximum absolute atomic E-state index is 12.5. The lowest BCUT2D eigenvalue weighted by atomic mass is 9.80. The number of hydrogen-bond acceptors (Lipinski definition) is 6. The van der Waals surface area contributed by atoms with E-state index in [4.69, 9.17) is 5.11 Å². The third-order valence-corrected chi connectivity index (χ3v) is 3.58. The van der Waals surface area contributed by atoms with Gasteiger partial charge in [-0.3, -0.25) is 9.59 Å². The zero-order valence-electron chi connectivity index (χ0n) is 12.5. The number of aliphatic hydroxyl groups is 4. The molecule has 6 nitrogen and oxygen atoms in total. The van der Waals surface area contributed by atoms with Crippen LogP contribution in [0.25, 0.3) is 0 Å². The molecular weight excluding hydrogens is 288 g/mol. The highest BCUT2D eigenvalue weighted by Gasteiger charge is 2.52. The molecule has 0 aliphatic rings. The molecule has 1 rings (SSSR count). The van der Waals surface area contributed by atoms with Crippen LogP contribution in [0.1, 0.15) is 36.5 Å². The minimum absolute atomic E-state index is 0.0276. The van der Waals surface area contributed by atoms with Gasteiger partial charge in [-0.15, -0.1) is 0 Å². The normalized spacial score (nSPS) is 16.6. The van der Waals surface area contributed by atoms with E-state index in [2.05, 4.69) is 0 Å². The molecule has 0 radical (unpaired) electrons. The zero-order valence-corrected chi connectivity index (χ0v) is 12.5. The molecule has 22 heavy (non-hydrogen) atoms. The Kier molecular flexibility index (Phi) is 6.83. The molecule has 1 aromatic carbocycles. The minimum Gasteiger partial charge on any atom is -0.394 e. The SMILES string of the molecule is CCCCC(=O)C(O)C(O)(C(=O)c1ccccc1)C(O)CO. The average molecular weight is 310 g/mol. The lowest BCUT2D eigenvalue weighted by Gasteiger charge is -2.34. The Morgan fingerprint density at radius 1 is 1.18 bits per heavy atom. The first-order chi connectivity index (χ1) is 10.4. The van der Waals surface area contributed by atoms with E-state index in [9.17, 15) is 24.9 Å². The van der Waals surface area contributed by atoms with Gasteiger partial charge >= 0.3 is 0 Å². The number of carbonyl (C=O) groups excluding carboxylic acids is 2. The van der Waals surface area contributed by atoms with Crippen LogP contribution in [0.2, 0.25) is 0 Å². The van der Waals surface area contributed by atoms with Gasteiger partial charge in [-0.1, -0.05) is 43.7 Å². The smallest absolute Gasteiger partial charge is 0.200 e. The molecule has 0 fully saturated rings. The fraction of sp³-hybridized carbons (Fsp3) is 0.500. The number of rotatable bonds is 9. The molecule has 0 aliphatic carbocycles. The van der Waals surface area contributed by atoms with Crippen LogP contribution in [0.3, 0.4) is 0 Å². The summed E-state index contributed by atoms with van der Waals surface area (Å²) in [6, 6.07) is 7.52. The van der Waals surface area contributed by atoms with E-state index < -0.39 is 36.0 Å². The fourth-order valence-electron chi connectivity index (χ4n) is 2.15. The number of ketones is 2. The first kappa shape index (κ1) is 18.4. The minimum atomic E-state index is -2.78. The molecule has 3 unspecified atom stereocenters. The molecule has 0 aromatic heterocycles. The molecule has 0 saturated heterocycles. The van der Waals surface area contributed by atoms with Crippen LogP contribution < -0.4 is 0 Å². The van der Waals surface area contributed by atoms with Crippen molar-refractivity contribution in [1.82, 2.24) is 0 Å². The van der Waals surface area contributed by atoms with E-state index in [1.165, 1.54) is 12.1 Å². The Bertz CT molecular complexity index is 501. The van der Waals surface area contributed by atoms with Crippen molar-refractivity contribution in [2.45, 2.75) is 44.0 Å². The van der Waals surface area contributed by atoms with Gasteiger partial charge in [0.2, 0.25) is 0 Å². The van der Waals surface area contributed by atoms with Gasteiger partial charge in [0.05, 0.1) is 6.61 Å². The van der Waals surface area contributed by atoms with E-state index >= 15 is 0 Å². The van der Waals surface area contributed by atoms with Crippen molar-refractivity contribution in [2.75, 3.05) is 6.61 Å². The highest BCUT2D eigenvalue weighted by Crippen LogP contribution is 2.24. The Morgan fingerprint density at radius 2 is 1.77 bits per heavy atom. The van der Waals surface area contributed by atoms with Crippen LogP contribution >= 0.6 is 0 Å². The number of aliphatic hydroxyl groups excluding tert-OH is 3. The van der Waals surface area contributed by atoms with Crippen molar-refractivity contribution in [2.24, 2.45) is 0 Å². The maximum Gasteiger partial charge on any atom is 0.200 e. The molecule has 0 aliphatic heterocycles. The van der Waals surface area contributed by atoms with Crippen LogP contribution in [0.15, 0.2) is 30.3 Å². The highest BCUT2D eigenvalue weighted by molar-refractivity contribution is 6.06. The van der Waals surface area contributed by atoms with Crippen LogP contribution in [0.4, 0.5) is 0 Å². The van der Waals surface area contributed by atoms with Crippen molar-refractivity contribution >= 4 is 11.6 Å². The van der Waals surface area contributed by atoms with Crippen molar-refractivity contribution in [3.8, 4) is 0 Å². The quantitative estimate of drug-likeness (QED) is 0.480. The monoisotopic (exact) mass is 310 g/mol. The van der Waals surface area contributed by atoms with Gasteiger partial charge in [0.15, 0.2) is 23.3 Å². The van der Waals surface area contributed by atoms with E-state index in [0.29, 0.717) is 12.8 Å². The van der Waals surface area contributed by atoms with Crippen LogP contribution in [0.5, 0.6) is 0 Å². The second-order valence-corrected chi connectivity index (χ2v) is 5.19. The third-order valence-electron chi connectivity index (χ3n) is 3.58. The maximum atomic E-state index is 12.5. The average Bonchev–Trinajstić information content (AvgIpc) is 2.57. The number of hydrogen-bond donors (Lipinski definition) is 4. The molecule has 6 heteroatoms. The van der Waals surface area contributed by atoms with Crippen molar-refractivity contribution < 1.29 is 30.0 Å². The molecule has 0 heterocycles. The van der Waals surface area contributed by atoms with Gasteiger partial charge in [-0.2, -0.15) is 0 Å². The summed E-state index contributed by atoms with van der Waals surface area (Å²) in [5.41, 5.74) is -2.75. The zero-order chi connectivity index (χ0) is 16.8. The largest absolute Gasteiger partial charge is 0.394 e. The van der Waals surface area contributed by atoms with E-state index in [0.717, 1.165) is 0 Å². The van der Waals surface area contributed by atoms with Gasteiger partial charge in [0.25, 0.3) is 0 Å². The standard InChI is InChI=1S/C16H22O6/c1-2-3-9-12(18)15(21)16(22,13(19)10-17)14(20)11-7-5-4-6-8-11/h4-8,13,15,17,19,21-22H,2-3,9-10H2,1H3. The topological polar surface area (TPSA) is 115 Å². The lowest BCUT2D eigenvalue weighted by molar-refractivity contribution is -0.155. The first-order valence-corrected chi connectivity index (χ1v) is 7.21. The van der Waals surface area contributed by atoms with Gasteiger partial charge in [0.1, 0.15) is 6.10 Å². The molecule has 3 atom stereocenters. The van der Waals surface area contributed by atoms with Gasteiger partial charge in [0, 0.05) is 12.0 Å². The molecule has 122 valence electrons. The predicted octanol–water partition coefficient (Wildman–Crippen LogP) is 0.0738. The Labute approximate surface area is 129 Å². The third kappa shape index (κ3) is 3.78. The lowest BCUT2D eigenvalue weighted by Crippen LogP contribution is -2.61. The molecule has 0 saturated carbocycles. The number of carbonyl (C=O) groups is 2. The number of Topliss-reactive ketones (excluding diaryl/α,β-unsaturated/α-hetero) is 2. The predicted molar refractivity (Wildman–Crippen MR) is 79.4 cm³/mol. The second-order valence-electron chi connectivity index (χ2n) is 5.19. The second kappa shape index (κ2) is 8.14. The van der Waals surface area contributed by atoms with Crippen LogP contribution in [-0.2, 0) is 4.79 Å². The molecule has 4 N–H and O–H groups in total. The molecule has 0 amide bonds. The Hall–Kier alpha value is -1.60. The van der Waals surface area contributed by atoms with Crippen LogP contribution in [0, 0.1) is 0 Å². The molecular formula is C16H22O6. The summed E-state index contributed by atoms with van der Waals surface area (Å²) in [6.45, 7) is 0.886. The van der Waals surface area contributed by atoms with Crippen LogP contribution in [-0.4, -0.2) is 56.4 Å². The van der Waals surface area contributed by atoms with Crippen molar-refractivity contribution in [1.29, 1.82) is 0 Å².